The summed E-state index contributed by atoms with van der Waals surface area (Å²) in [6.07, 6.45) is 1.86. The number of hydrogen-bond acceptors (Lipinski definition) is 3. The number of aromatic nitrogens is 2. The van der Waals surface area contributed by atoms with Crippen LogP contribution in [0.1, 0.15) is 5.69 Å². The lowest BCUT2D eigenvalue weighted by molar-refractivity contribution is -0.126. The van der Waals surface area contributed by atoms with Gasteiger partial charge in [0.2, 0.25) is 5.91 Å². The maximum atomic E-state index is 11.3. The Labute approximate surface area is 83.7 Å². The third kappa shape index (κ3) is 2.48. The van der Waals surface area contributed by atoms with Gasteiger partial charge in [0.25, 0.3) is 0 Å². The van der Waals surface area contributed by atoms with Crippen LogP contribution in [0.3, 0.4) is 0 Å². The van der Waals surface area contributed by atoms with Gasteiger partial charge in [0, 0.05) is 27.3 Å². The quantitative estimate of drug-likeness (QED) is 0.752. The van der Waals surface area contributed by atoms with Crippen molar-refractivity contribution in [2.24, 2.45) is 7.05 Å². The molecule has 0 aliphatic carbocycles. The fourth-order valence-electron chi connectivity index (χ4n) is 1.10. The molecule has 0 aliphatic heterocycles. The summed E-state index contributed by atoms with van der Waals surface area (Å²) in [4.78, 5) is 12.8. The van der Waals surface area contributed by atoms with E-state index in [0.29, 0.717) is 6.54 Å². The molecule has 0 saturated carbocycles. The van der Waals surface area contributed by atoms with E-state index in [1.165, 1.54) is 0 Å². The van der Waals surface area contributed by atoms with Crippen LogP contribution in [0.2, 0.25) is 0 Å². The zero-order chi connectivity index (χ0) is 10.7. The van der Waals surface area contributed by atoms with E-state index in [1.807, 2.05) is 20.2 Å². The molecule has 0 fully saturated rings. The Balaban J connectivity index is 2.54. The Hall–Kier alpha value is -1.52. The molecule has 0 aromatic carbocycles. The molecule has 1 amide bonds. The Morgan fingerprint density at radius 1 is 1.64 bits per heavy atom. The van der Waals surface area contributed by atoms with E-state index in [0.717, 1.165) is 11.4 Å². The minimum absolute atomic E-state index is 0.0493. The zero-order valence-electron chi connectivity index (χ0n) is 9.03. The topological polar surface area (TPSA) is 50.2 Å². The van der Waals surface area contributed by atoms with Gasteiger partial charge in [-0.15, -0.1) is 0 Å². The van der Waals surface area contributed by atoms with Crippen molar-refractivity contribution < 1.29 is 4.79 Å². The van der Waals surface area contributed by atoms with E-state index >= 15 is 0 Å². The van der Waals surface area contributed by atoms with Crippen LogP contribution in [-0.4, -0.2) is 41.2 Å². The highest BCUT2D eigenvalue weighted by Gasteiger charge is 2.06. The summed E-state index contributed by atoms with van der Waals surface area (Å²) in [5.74, 6) is 0.0493. The summed E-state index contributed by atoms with van der Waals surface area (Å²) in [5, 5.41) is 7.20. The fraction of sp³-hybridized carbons (Fsp3) is 0.556. The molecule has 0 aliphatic rings. The summed E-state index contributed by atoms with van der Waals surface area (Å²) in [7, 11) is 5.33. The van der Waals surface area contributed by atoms with Crippen LogP contribution in [0, 0.1) is 6.92 Å². The van der Waals surface area contributed by atoms with Crippen LogP contribution in [-0.2, 0) is 11.8 Å². The standard InChI is InChI=1S/C9H16N4O/c1-7-8(6-13(4)11-7)10-5-9(14)12(2)3/h6,10H,5H2,1-4H3. The molecule has 0 spiro atoms. The first-order chi connectivity index (χ1) is 6.50. The average molecular weight is 196 g/mol. The van der Waals surface area contributed by atoms with Crippen molar-refractivity contribution in [1.82, 2.24) is 14.7 Å². The lowest BCUT2D eigenvalue weighted by atomic mass is 10.4. The first kappa shape index (κ1) is 10.6. The van der Waals surface area contributed by atoms with Gasteiger partial charge in [-0.1, -0.05) is 0 Å². The first-order valence-corrected chi connectivity index (χ1v) is 4.45. The van der Waals surface area contributed by atoms with Crippen LogP contribution in [0.25, 0.3) is 0 Å². The molecule has 78 valence electrons. The molecule has 0 radical (unpaired) electrons. The molecular weight excluding hydrogens is 180 g/mol. The van der Waals surface area contributed by atoms with Crippen molar-refractivity contribution in [2.45, 2.75) is 6.92 Å². The van der Waals surface area contributed by atoms with Gasteiger partial charge in [-0.25, -0.2) is 0 Å². The summed E-state index contributed by atoms with van der Waals surface area (Å²) < 4.78 is 1.72. The van der Waals surface area contributed by atoms with Gasteiger partial charge in [-0.3, -0.25) is 9.48 Å². The third-order valence-electron chi connectivity index (χ3n) is 1.94. The van der Waals surface area contributed by atoms with Crippen molar-refractivity contribution in [2.75, 3.05) is 26.0 Å². The minimum Gasteiger partial charge on any atom is -0.373 e. The third-order valence-corrected chi connectivity index (χ3v) is 1.94. The van der Waals surface area contributed by atoms with Crippen LogP contribution in [0.4, 0.5) is 5.69 Å². The van der Waals surface area contributed by atoms with Gasteiger partial charge in [0.05, 0.1) is 17.9 Å². The minimum atomic E-state index is 0.0493. The largest absolute Gasteiger partial charge is 0.373 e. The fourth-order valence-corrected chi connectivity index (χ4v) is 1.10. The highest BCUT2D eigenvalue weighted by molar-refractivity contribution is 5.80. The van der Waals surface area contributed by atoms with Gasteiger partial charge < -0.3 is 10.2 Å². The normalized spacial score (nSPS) is 10.0. The Morgan fingerprint density at radius 3 is 2.71 bits per heavy atom. The highest BCUT2D eigenvalue weighted by Crippen LogP contribution is 2.10. The number of anilines is 1. The number of likely N-dealkylation sites (N-methyl/N-ethyl adjacent to an activating group) is 1. The maximum absolute atomic E-state index is 11.3. The van der Waals surface area contributed by atoms with Gasteiger partial charge >= 0.3 is 0 Å². The number of rotatable bonds is 3. The summed E-state index contributed by atoms with van der Waals surface area (Å²) in [5.41, 5.74) is 1.81. The predicted octanol–water partition coefficient (Wildman–Crippen LogP) is 0.229. The van der Waals surface area contributed by atoms with E-state index in [1.54, 1.807) is 23.7 Å². The van der Waals surface area contributed by atoms with Gasteiger partial charge in [0.15, 0.2) is 0 Å². The number of carbonyl (C=O) groups is 1. The lowest BCUT2D eigenvalue weighted by Gasteiger charge is -2.10. The molecule has 14 heavy (non-hydrogen) atoms. The molecule has 0 saturated heterocycles. The lowest BCUT2D eigenvalue weighted by Crippen LogP contribution is -2.28. The van der Waals surface area contributed by atoms with E-state index in [-0.39, 0.29) is 5.91 Å². The van der Waals surface area contributed by atoms with Crippen molar-refractivity contribution >= 4 is 11.6 Å². The van der Waals surface area contributed by atoms with E-state index < -0.39 is 0 Å². The van der Waals surface area contributed by atoms with Crippen molar-refractivity contribution in [3.63, 3.8) is 0 Å². The monoisotopic (exact) mass is 196 g/mol. The van der Waals surface area contributed by atoms with Crippen molar-refractivity contribution in [3.8, 4) is 0 Å². The van der Waals surface area contributed by atoms with Crippen LogP contribution < -0.4 is 5.32 Å². The second kappa shape index (κ2) is 4.13. The highest BCUT2D eigenvalue weighted by atomic mass is 16.2. The second-order valence-corrected chi connectivity index (χ2v) is 3.44. The van der Waals surface area contributed by atoms with E-state index in [4.69, 9.17) is 0 Å². The van der Waals surface area contributed by atoms with Gasteiger partial charge in [-0.05, 0) is 6.92 Å². The molecule has 0 unspecified atom stereocenters. The molecule has 1 rings (SSSR count). The number of nitrogens with zero attached hydrogens (tertiary/aromatic N) is 3. The van der Waals surface area contributed by atoms with Crippen LogP contribution >= 0.6 is 0 Å². The number of carbonyl (C=O) groups excluding carboxylic acids is 1. The molecule has 0 bridgehead atoms. The average Bonchev–Trinajstić information content (AvgIpc) is 2.40. The summed E-state index contributed by atoms with van der Waals surface area (Å²) >= 11 is 0. The predicted molar refractivity (Wildman–Crippen MR) is 55.1 cm³/mol. The number of aryl methyl sites for hydroxylation is 2. The van der Waals surface area contributed by atoms with E-state index in [9.17, 15) is 4.79 Å². The molecule has 5 heteroatoms. The maximum Gasteiger partial charge on any atom is 0.241 e. The number of amides is 1. The van der Waals surface area contributed by atoms with Gasteiger partial charge in [0.1, 0.15) is 0 Å². The Morgan fingerprint density at radius 2 is 2.29 bits per heavy atom. The number of nitrogens with one attached hydrogen (secondary N) is 1. The SMILES string of the molecule is Cc1nn(C)cc1NCC(=O)N(C)C. The molecular formula is C9H16N4O. The molecule has 5 nitrogen and oxygen atoms in total. The van der Waals surface area contributed by atoms with Crippen LogP contribution in [0.5, 0.6) is 0 Å². The second-order valence-electron chi connectivity index (χ2n) is 3.44. The first-order valence-electron chi connectivity index (χ1n) is 4.45. The Kier molecular flexibility index (Phi) is 3.11. The van der Waals surface area contributed by atoms with Gasteiger partial charge in [-0.2, -0.15) is 5.10 Å². The molecule has 1 aromatic rings. The number of hydrogen-bond donors (Lipinski definition) is 1. The Bertz CT molecular complexity index is 330. The summed E-state index contributed by atoms with van der Waals surface area (Å²) in [6.45, 7) is 2.21. The molecule has 1 heterocycles. The summed E-state index contributed by atoms with van der Waals surface area (Å²) in [6, 6.07) is 0. The van der Waals surface area contributed by atoms with Crippen LogP contribution in [0.15, 0.2) is 6.20 Å². The molecule has 1 aromatic heterocycles. The molecule has 0 atom stereocenters. The van der Waals surface area contributed by atoms with E-state index in [2.05, 4.69) is 10.4 Å². The molecule has 1 N–H and O–H groups in total. The van der Waals surface area contributed by atoms with Crippen molar-refractivity contribution in [3.05, 3.63) is 11.9 Å². The van der Waals surface area contributed by atoms with Crippen molar-refractivity contribution in [1.29, 1.82) is 0 Å². The smallest absolute Gasteiger partial charge is 0.241 e. The zero-order valence-corrected chi connectivity index (χ0v) is 9.03.